The van der Waals surface area contributed by atoms with Gasteiger partial charge in [-0.3, -0.25) is 9.59 Å². The van der Waals surface area contributed by atoms with Gasteiger partial charge in [-0.05, 0) is 43.2 Å². The number of rotatable bonds is 4. The fourth-order valence-corrected chi connectivity index (χ4v) is 4.43. The van der Waals surface area contributed by atoms with Gasteiger partial charge in [0.1, 0.15) is 11.9 Å². The molecule has 1 atom stereocenters. The molecule has 1 aliphatic rings. The summed E-state index contributed by atoms with van der Waals surface area (Å²) in [5.41, 5.74) is 0.627. The molecule has 0 bridgehead atoms. The lowest BCUT2D eigenvalue weighted by atomic mass is 10.2. The van der Waals surface area contributed by atoms with E-state index in [1.165, 1.54) is 36.4 Å². The zero-order valence-electron chi connectivity index (χ0n) is 14.0. The smallest absolute Gasteiger partial charge is 0.267 e. The van der Waals surface area contributed by atoms with Crippen molar-refractivity contribution in [2.24, 2.45) is 0 Å². The first-order valence-corrected chi connectivity index (χ1v) is 9.44. The van der Waals surface area contributed by atoms with Crippen molar-refractivity contribution in [2.45, 2.75) is 30.7 Å². The lowest BCUT2D eigenvalue weighted by molar-refractivity contribution is -0.128. The van der Waals surface area contributed by atoms with Crippen LogP contribution in [0.25, 0.3) is 0 Å². The number of nitrogens with zero attached hydrogens (tertiary/aromatic N) is 1. The highest BCUT2D eigenvalue weighted by atomic mass is 32.2. The summed E-state index contributed by atoms with van der Waals surface area (Å²) in [6.07, 6.45) is 0.0253. The number of benzene rings is 2. The Bertz CT molecular complexity index is 960. The number of halogens is 1. The van der Waals surface area contributed by atoms with Gasteiger partial charge >= 0.3 is 0 Å². The van der Waals surface area contributed by atoms with E-state index in [2.05, 4.69) is 5.32 Å². The zero-order chi connectivity index (χ0) is 18.9. The maximum Gasteiger partial charge on any atom is 0.267 e. The second-order valence-corrected chi connectivity index (χ2v) is 7.83. The van der Waals surface area contributed by atoms with Crippen LogP contribution in [0.5, 0.6) is 0 Å². The molecule has 1 N–H and O–H groups in total. The second kappa shape index (κ2) is 6.87. The Balaban J connectivity index is 1.87. The van der Waals surface area contributed by atoms with Crippen LogP contribution in [0.2, 0.25) is 0 Å². The highest BCUT2D eigenvalue weighted by Crippen LogP contribution is 2.28. The standard InChI is InChI=1S/C18H17FN2O4S/c1-12-7-8-13(11-15(12)19)20-18(23)16-9-10-17(22)21(16)26(24,25)14-5-3-2-4-6-14/h2-8,11,16H,9-10H2,1H3,(H,20,23)/t16-/m0/s1. The molecule has 2 amide bonds. The van der Waals surface area contributed by atoms with Gasteiger partial charge in [-0.25, -0.2) is 17.1 Å². The first-order chi connectivity index (χ1) is 12.3. The Morgan fingerprint density at radius 3 is 2.54 bits per heavy atom. The van der Waals surface area contributed by atoms with E-state index < -0.39 is 33.7 Å². The maximum absolute atomic E-state index is 13.6. The molecule has 3 rings (SSSR count). The van der Waals surface area contributed by atoms with Gasteiger partial charge in [-0.15, -0.1) is 0 Å². The van der Waals surface area contributed by atoms with Crippen LogP contribution < -0.4 is 5.32 Å². The van der Waals surface area contributed by atoms with E-state index in [0.29, 0.717) is 9.87 Å². The Hall–Kier alpha value is -2.74. The summed E-state index contributed by atoms with van der Waals surface area (Å²) in [5.74, 6) is -1.79. The highest BCUT2D eigenvalue weighted by Gasteiger charge is 2.44. The van der Waals surface area contributed by atoms with Crippen LogP contribution in [-0.4, -0.2) is 30.6 Å². The molecule has 6 nitrogen and oxygen atoms in total. The zero-order valence-corrected chi connectivity index (χ0v) is 14.8. The van der Waals surface area contributed by atoms with E-state index in [0.717, 1.165) is 6.07 Å². The van der Waals surface area contributed by atoms with Gasteiger partial charge in [0.2, 0.25) is 11.8 Å². The molecule has 0 radical (unpaired) electrons. The fourth-order valence-electron chi connectivity index (χ4n) is 2.80. The van der Waals surface area contributed by atoms with E-state index in [-0.39, 0.29) is 23.4 Å². The first-order valence-electron chi connectivity index (χ1n) is 8.00. The number of nitrogens with one attached hydrogen (secondary N) is 1. The molecule has 0 aromatic heterocycles. The van der Waals surface area contributed by atoms with E-state index in [1.54, 1.807) is 13.0 Å². The third-order valence-electron chi connectivity index (χ3n) is 4.20. The Labute approximate surface area is 150 Å². The minimum atomic E-state index is -4.14. The number of carbonyl (C=O) groups is 2. The molecule has 1 fully saturated rings. The molecule has 1 saturated heterocycles. The van der Waals surface area contributed by atoms with Crippen molar-refractivity contribution in [3.05, 3.63) is 59.9 Å². The Morgan fingerprint density at radius 2 is 1.88 bits per heavy atom. The van der Waals surface area contributed by atoms with Crippen LogP contribution in [0.1, 0.15) is 18.4 Å². The quantitative estimate of drug-likeness (QED) is 0.888. The summed E-state index contributed by atoms with van der Waals surface area (Å²) in [4.78, 5) is 24.7. The average Bonchev–Trinajstić information content (AvgIpc) is 3.01. The van der Waals surface area contributed by atoms with Gasteiger partial charge < -0.3 is 5.32 Å². The molecule has 0 aliphatic carbocycles. The third-order valence-corrected chi connectivity index (χ3v) is 6.05. The molecule has 26 heavy (non-hydrogen) atoms. The number of amides is 2. The monoisotopic (exact) mass is 376 g/mol. The number of carbonyl (C=O) groups excluding carboxylic acids is 2. The van der Waals surface area contributed by atoms with Crippen molar-refractivity contribution in [2.75, 3.05) is 5.32 Å². The Morgan fingerprint density at radius 1 is 1.19 bits per heavy atom. The number of hydrogen-bond acceptors (Lipinski definition) is 4. The molecular formula is C18H17FN2O4S. The van der Waals surface area contributed by atoms with E-state index in [4.69, 9.17) is 0 Å². The van der Waals surface area contributed by atoms with Crippen LogP contribution in [0, 0.1) is 12.7 Å². The van der Waals surface area contributed by atoms with Crippen molar-refractivity contribution < 1.29 is 22.4 Å². The van der Waals surface area contributed by atoms with E-state index in [9.17, 15) is 22.4 Å². The second-order valence-electron chi connectivity index (χ2n) is 6.02. The molecule has 2 aromatic rings. The van der Waals surface area contributed by atoms with Gasteiger partial charge in [0.25, 0.3) is 10.0 Å². The summed E-state index contributed by atoms with van der Waals surface area (Å²) < 4.78 is 39.8. The molecule has 136 valence electrons. The topological polar surface area (TPSA) is 83.6 Å². The van der Waals surface area contributed by atoms with Crippen molar-refractivity contribution in [3.63, 3.8) is 0 Å². The lowest BCUT2D eigenvalue weighted by Gasteiger charge is -2.23. The first kappa shape index (κ1) is 18.1. The SMILES string of the molecule is Cc1ccc(NC(=O)[C@@H]2CCC(=O)N2S(=O)(=O)c2ccccc2)cc1F. The summed E-state index contributed by atoms with van der Waals surface area (Å²) in [6, 6.07) is 10.5. The van der Waals surface area contributed by atoms with Gasteiger partial charge in [0.15, 0.2) is 0 Å². The summed E-state index contributed by atoms with van der Waals surface area (Å²) in [6.45, 7) is 1.59. The predicted octanol–water partition coefficient (Wildman–Crippen LogP) is 2.45. The van der Waals surface area contributed by atoms with Crippen molar-refractivity contribution in [3.8, 4) is 0 Å². The van der Waals surface area contributed by atoms with Crippen LogP contribution >= 0.6 is 0 Å². The number of sulfonamides is 1. The minimum Gasteiger partial charge on any atom is -0.324 e. The number of aryl methyl sites for hydroxylation is 1. The molecule has 2 aromatic carbocycles. The van der Waals surface area contributed by atoms with Crippen LogP contribution in [-0.2, 0) is 19.6 Å². The Kier molecular flexibility index (Phi) is 4.78. The predicted molar refractivity (Wildman–Crippen MR) is 93.3 cm³/mol. The molecule has 0 saturated carbocycles. The molecule has 1 heterocycles. The van der Waals surface area contributed by atoms with Gasteiger partial charge in [-0.2, -0.15) is 0 Å². The number of hydrogen-bond donors (Lipinski definition) is 1. The summed E-state index contributed by atoms with van der Waals surface area (Å²) in [7, 11) is -4.14. The minimum absolute atomic E-state index is 0.0492. The molecule has 8 heteroatoms. The maximum atomic E-state index is 13.6. The third kappa shape index (κ3) is 3.32. The van der Waals surface area contributed by atoms with Gasteiger partial charge in [0.05, 0.1) is 4.90 Å². The molecule has 1 aliphatic heterocycles. The van der Waals surface area contributed by atoms with Crippen molar-refractivity contribution in [1.82, 2.24) is 4.31 Å². The highest BCUT2D eigenvalue weighted by molar-refractivity contribution is 7.89. The van der Waals surface area contributed by atoms with Crippen LogP contribution in [0.4, 0.5) is 10.1 Å². The molecule has 0 spiro atoms. The van der Waals surface area contributed by atoms with Crippen molar-refractivity contribution >= 4 is 27.5 Å². The summed E-state index contributed by atoms with van der Waals surface area (Å²) in [5, 5.41) is 2.49. The van der Waals surface area contributed by atoms with Crippen LogP contribution in [0.15, 0.2) is 53.4 Å². The molecule has 0 unspecified atom stereocenters. The van der Waals surface area contributed by atoms with E-state index >= 15 is 0 Å². The lowest BCUT2D eigenvalue weighted by Crippen LogP contribution is -2.45. The van der Waals surface area contributed by atoms with E-state index in [1.807, 2.05) is 0 Å². The fraction of sp³-hybridized carbons (Fsp3) is 0.222. The number of anilines is 1. The summed E-state index contributed by atoms with van der Waals surface area (Å²) >= 11 is 0. The van der Waals surface area contributed by atoms with Crippen LogP contribution in [0.3, 0.4) is 0 Å². The normalized spacial score (nSPS) is 17.4. The average molecular weight is 376 g/mol. The van der Waals surface area contributed by atoms with Gasteiger partial charge in [0, 0.05) is 12.1 Å². The van der Waals surface area contributed by atoms with Gasteiger partial charge in [-0.1, -0.05) is 24.3 Å². The largest absolute Gasteiger partial charge is 0.324 e. The van der Waals surface area contributed by atoms with Crippen molar-refractivity contribution in [1.29, 1.82) is 0 Å². The molecular weight excluding hydrogens is 359 g/mol.